The predicted octanol–water partition coefficient (Wildman–Crippen LogP) is 17.6. The van der Waals surface area contributed by atoms with E-state index in [1.165, 1.54) is 211 Å². The van der Waals surface area contributed by atoms with E-state index in [1.54, 1.807) is 0 Å². The van der Waals surface area contributed by atoms with Gasteiger partial charge in [-0.1, -0.05) is 268 Å². The van der Waals surface area contributed by atoms with Crippen LogP contribution in [-0.2, 0) is 27.2 Å². The van der Waals surface area contributed by atoms with E-state index in [1.807, 2.05) is 48.5 Å². The number of hydrogen-bond donors (Lipinski definition) is 2. The van der Waals surface area contributed by atoms with E-state index >= 15 is 0 Å². The summed E-state index contributed by atoms with van der Waals surface area (Å²) in [6.07, 6.45) is 45.3. The van der Waals surface area contributed by atoms with Crippen LogP contribution >= 0.6 is 0 Å². The maximum atomic E-state index is 12.2. The molecule has 0 aliphatic heterocycles. The number of carboxylic acid groups (broad SMARTS) is 1. The van der Waals surface area contributed by atoms with Gasteiger partial charge in [0.05, 0.1) is 6.61 Å². The van der Waals surface area contributed by atoms with Crippen molar-refractivity contribution in [2.75, 3.05) is 13.2 Å². The third-order valence-electron chi connectivity index (χ3n) is 12.5. The summed E-state index contributed by atoms with van der Waals surface area (Å²) in [5.74, 6) is 0.352. The monoisotopic (exact) mass is 879 g/mol. The summed E-state index contributed by atoms with van der Waals surface area (Å²) >= 11 is 0. The number of ether oxygens (including phenoxy) is 1. The number of unbranched alkanes of at least 4 members (excludes halogenated alkanes) is 24. The van der Waals surface area contributed by atoms with Crippen molar-refractivity contribution in [2.45, 2.75) is 259 Å². The quantitative estimate of drug-likeness (QED) is 0.0513. The zero-order valence-corrected chi connectivity index (χ0v) is 41.9. The smallest absolute Gasteiger partial charge is 0.306 e. The molecule has 2 unspecified atom stereocenters. The normalized spacial score (nSPS) is 11.8. The van der Waals surface area contributed by atoms with Gasteiger partial charge in [0.2, 0.25) is 0 Å². The van der Waals surface area contributed by atoms with Gasteiger partial charge >= 0.3 is 11.9 Å². The summed E-state index contributed by atoms with van der Waals surface area (Å²) in [5.41, 5.74) is 2.29. The Bertz CT molecular complexity index is 1200. The number of benzene rings is 2. The summed E-state index contributed by atoms with van der Waals surface area (Å²) in [6.45, 7) is 10.1. The first-order valence-electron chi connectivity index (χ1n) is 27.0. The SMILES string of the molecule is CCCCCCCCCCC(CCCCCCCC)COC(=O)CCc1ccccc1.CCCCCCCCCCC(CO)CCCCCCCC.O=C(O)CCc1ccccc1. The van der Waals surface area contributed by atoms with Crippen LogP contribution in [0.4, 0.5) is 0 Å². The van der Waals surface area contributed by atoms with Gasteiger partial charge < -0.3 is 14.9 Å². The second-order valence-corrected chi connectivity index (χ2v) is 18.6. The van der Waals surface area contributed by atoms with Gasteiger partial charge in [-0.05, 0) is 61.5 Å². The summed E-state index contributed by atoms with van der Waals surface area (Å²) in [5, 5.41) is 17.8. The highest BCUT2D eigenvalue weighted by Crippen LogP contribution is 2.21. The highest BCUT2D eigenvalue weighted by molar-refractivity contribution is 5.69. The summed E-state index contributed by atoms with van der Waals surface area (Å²) in [7, 11) is 0. The van der Waals surface area contributed by atoms with Crippen LogP contribution in [0.1, 0.15) is 257 Å². The van der Waals surface area contributed by atoms with Gasteiger partial charge in [0, 0.05) is 19.4 Å². The Morgan fingerprint density at radius 1 is 0.429 bits per heavy atom. The van der Waals surface area contributed by atoms with Crippen molar-refractivity contribution >= 4 is 11.9 Å². The zero-order chi connectivity index (χ0) is 46.1. The van der Waals surface area contributed by atoms with E-state index in [9.17, 15) is 14.7 Å². The number of carbonyl (C=O) groups excluding carboxylic acids is 1. The molecule has 0 saturated heterocycles. The number of carboxylic acids is 1. The molecule has 0 spiro atoms. The number of rotatable bonds is 41. The highest BCUT2D eigenvalue weighted by atomic mass is 16.5. The number of aliphatic hydroxyl groups excluding tert-OH is 1. The maximum Gasteiger partial charge on any atom is 0.306 e. The molecule has 0 aromatic heterocycles. The maximum absolute atomic E-state index is 12.2. The first kappa shape index (κ1) is 60.3. The number of esters is 1. The average Bonchev–Trinajstić information content (AvgIpc) is 3.30. The molecule has 63 heavy (non-hydrogen) atoms. The van der Waals surface area contributed by atoms with Crippen molar-refractivity contribution in [3.63, 3.8) is 0 Å². The second-order valence-electron chi connectivity index (χ2n) is 18.6. The first-order chi connectivity index (χ1) is 30.9. The van der Waals surface area contributed by atoms with Crippen LogP contribution < -0.4 is 0 Å². The van der Waals surface area contributed by atoms with Crippen molar-refractivity contribution in [1.29, 1.82) is 0 Å². The molecule has 0 bridgehead atoms. The summed E-state index contributed by atoms with van der Waals surface area (Å²) in [4.78, 5) is 22.4. The second kappa shape index (κ2) is 48.8. The zero-order valence-electron chi connectivity index (χ0n) is 41.9. The fourth-order valence-corrected chi connectivity index (χ4v) is 8.27. The molecule has 2 aromatic rings. The molecule has 5 heteroatoms. The number of hydrogen-bond acceptors (Lipinski definition) is 4. The molecule has 2 rings (SSSR count). The van der Waals surface area contributed by atoms with E-state index in [4.69, 9.17) is 9.84 Å². The molecule has 0 aliphatic rings. The van der Waals surface area contributed by atoms with E-state index < -0.39 is 5.97 Å². The lowest BCUT2D eigenvalue weighted by Crippen LogP contribution is -2.15. The molecule has 2 aromatic carbocycles. The van der Waals surface area contributed by atoms with Crippen molar-refractivity contribution in [3.05, 3.63) is 71.8 Å². The van der Waals surface area contributed by atoms with Crippen LogP contribution in [0, 0.1) is 11.8 Å². The molecular weight excluding hydrogens is 777 g/mol. The van der Waals surface area contributed by atoms with Gasteiger partial charge in [-0.3, -0.25) is 9.59 Å². The molecule has 0 heterocycles. The Labute approximate surface area is 390 Å². The first-order valence-corrected chi connectivity index (χ1v) is 27.0. The Kier molecular flexibility index (Phi) is 46.7. The molecule has 0 aliphatic carbocycles. The Morgan fingerprint density at radius 2 is 0.730 bits per heavy atom. The lowest BCUT2D eigenvalue weighted by atomic mass is 9.94. The van der Waals surface area contributed by atoms with E-state index in [0.717, 1.165) is 12.0 Å². The minimum atomic E-state index is -0.742. The molecule has 0 fully saturated rings. The molecule has 0 amide bonds. The minimum absolute atomic E-state index is 0.0345. The lowest BCUT2D eigenvalue weighted by molar-refractivity contribution is -0.145. The van der Waals surface area contributed by atoms with Gasteiger partial charge in [0.25, 0.3) is 0 Å². The van der Waals surface area contributed by atoms with Crippen LogP contribution in [0.15, 0.2) is 60.7 Å². The van der Waals surface area contributed by atoms with Crippen LogP contribution in [-0.4, -0.2) is 35.4 Å². The Morgan fingerprint density at radius 3 is 1.05 bits per heavy atom. The predicted molar refractivity (Wildman–Crippen MR) is 273 cm³/mol. The Balaban J connectivity index is 0.00000103. The van der Waals surface area contributed by atoms with E-state index in [0.29, 0.717) is 37.9 Å². The van der Waals surface area contributed by atoms with E-state index in [-0.39, 0.29) is 12.4 Å². The van der Waals surface area contributed by atoms with Gasteiger partial charge in [-0.2, -0.15) is 0 Å². The molecule has 2 N–H and O–H groups in total. The van der Waals surface area contributed by atoms with Gasteiger partial charge in [-0.25, -0.2) is 0 Å². The number of aryl methyl sites for hydroxylation is 2. The number of aliphatic carboxylic acids is 1. The van der Waals surface area contributed by atoms with Gasteiger partial charge in [0.1, 0.15) is 0 Å². The lowest BCUT2D eigenvalue weighted by Gasteiger charge is -2.17. The molecular formula is C58H102O5. The standard InChI is InChI=1S/C29H50O2.C20H42O.C9H10O2/c1-3-5-7-9-11-12-14-17-23-28(22-16-13-10-8-6-4-2)26-31-29(30)25-24-27-20-18-15-19-21-27;1-3-5-7-9-11-12-14-16-18-20(19-21)17-15-13-10-8-6-4-2;10-9(11)7-6-8-4-2-1-3-5-8/h15,18-21,28H,3-14,16-17,22-26H2,1-2H3;20-21H,3-19H2,1-2H3;1-5H,6-7H2,(H,10,11). The molecule has 5 nitrogen and oxygen atoms in total. The third-order valence-corrected chi connectivity index (χ3v) is 12.5. The topological polar surface area (TPSA) is 83.8 Å². The van der Waals surface area contributed by atoms with Gasteiger partial charge in [-0.15, -0.1) is 0 Å². The third kappa shape index (κ3) is 44.3. The number of carbonyl (C=O) groups is 2. The van der Waals surface area contributed by atoms with Crippen molar-refractivity contribution in [3.8, 4) is 0 Å². The summed E-state index contributed by atoms with van der Waals surface area (Å²) < 4.78 is 5.71. The molecule has 364 valence electrons. The van der Waals surface area contributed by atoms with Crippen molar-refractivity contribution in [1.82, 2.24) is 0 Å². The van der Waals surface area contributed by atoms with Crippen LogP contribution in [0.5, 0.6) is 0 Å². The molecule has 0 radical (unpaired) electrons. The summed E-state index contributed by atoms with van der Waals surface area (Å²) in [6, 6.07) is 19.8. The minimum Gasteiger partial charge on any atom is -0.481 e. The van der Waals surface area contributed by atoms with Crippen molar-refractivity contribution < 1.29 is 24.5 Å². The highest BCUT2D eigenvalue weighted by Gasteiger charge is 2.13. The largest absolute Gasteiger partial charge is 0.481 e. The number of aliphatic hydroxyl groups is 1. The molecule has 0 saturated carbocycles. The molecule has 2 atom stereocenters. The van der Waals surface area contributed by atoms with Crippen LogP contribution in [0.25, 0.3) is 0 Å². The van der Waals surface area contributed by atoms with Crippen molar-refractivity contribution in [2.24, 2.45) is 11.8 Å². The fourth-order valence-electron chi connectivity index (χ4n) is 8.27. The van der Waals surface area contributed by atoms with Gasteiger partial charge in [0.15, 0.2) is 0 Å². The fraction of sp³-hybridized carbons (Fsp3) is 0.759. The Hall–Kier alpha value is -2.66. The van der Waals surface area contributed by atoms with Crippen LogP contribution in [0.2, 0.25) is 0 Å². The average molecular weight is 879 g/mol. The van der Waals surface area contributed by atoms with Crippen LogP contribution in [0.3, 0.4) is 0 Å². The van der Waals surface area contributed by atoms with E-state index in [2.05, 4.69) is 39.8 Å².